The normalized spacial score (nSPS) is 13.4. The highest BCUT2D eigenvalue weighted by molar-refractivity contribution is 7.09. The Balaban J connectivity index is 2.83. The van der Waals surface area contributed by atoms with E-state index in [4.69, 9.17) is 0 Å². The molecule has 0 radical (unpaired) electrons. The van der Waals surface area contributed by atoms with E-state index >= 15 is 0 Å². The fraction of sp³-hybridized carbons (Fsp3) is 0.625. The van der Waals surface area contributed by atoms with Crippen molar-refractivity contribution in [2.24, 2.45) is 0 Å². The summed E-state index contributed by atoms with van der Waals surface area (Å²) in [5.74, 6) is 0. The first-order valence-electron chi connectivity index (χ1n) is 3.95. The fourth-order valence-electron chi connectivity index (χ4n) is 1.05. The number of aliphatic hydroxyl groups is 1. The van der Waals surface area contributed by atoms with E-state index in [0.717, 1.165) is 12.8 Å². The molecule has 0 aliphatic carbocycles. The maximum Gasteiger partial charge on any atom is 0.260 e. The van der Waals surface area contributed by atoms with E-state index in [-0.39, 0.29) is 6.23 Å². The topological polar surface area (TPSA) is 24.1 Å². The van der Waals surface area contributed by atoms with Gasteiger partial charge >= 0.3 is 0 Å². The molecule has 1 rings (SSSR count). The lowest BCUT2D eigenvalue weighted by molar-refractivity contribution is -0.761. The van der Waals surface area contributed by atoms with Crippen LogP contribution < -0.4 is 4.57 Å². The molecule has 1 heterocycles. The van der Waals surface area contributed by atoms with Gasteiger partial charge in [-0.15, -0.1) is 0 Å². The predicted octanol–water partition coefficient (Wildman–Crippen LogP) is 1.50. The van der Waals surface area contributed by atoms with Gasteiger partial charge in [0.2, 0.25) is 5.01 Å². The summed E-state index contributed by atoms with van der Waals surface area (Å²) >= 11 is 1.70. The summed E-state index contributed by atoms with van der Waals surface area (Å²) in [6.07, 6.45) is 3.37. The van der Waals surface area contributed by atoms with Gasteiger partial charge in [0.1, 0.15) is 0 Å². The number of hydrogen-bond donors (Lipinski definition) is 1. The van der Waals surface area contributed by atoms with Gasteiger partial charge in [-0.3, -0.25) is 0 Å². The van der Waals surface area contributed by atoms with Crippen molar-refractivity contribution in [1.29, 1.82) is 0 Å². The van der Waals surface area contributed by atoms with E-state index < -0.39 is 0 Å². The molecule has 0 aromatic carbocycles. The van der Waals surface area contributed by atoms with Gasteiger partial charge in [-0.2, -0.15) is 4.57 Å². The van der Waals surface area contributed by atoms with E-state index in [2.05, 4.69) is 6.92 Å². The maximum atomic E-state index is 9.50. The standard InChI is InChI=1S/C8H14NOS/c1-3-7(10)9-5-6-11-8(9)4-2/h5-7,10H,3-4H2,1-2H3/q+1. The molecule has 1 atom stereocenters. The van der Waals surface area contributed by atoms with Crippen LogP contribution in [0.5, 0.6) is 0 Å². The molecular weight excluding hydrogens is 158 g/mol. The van der Waals surface area contributed by atoms with Gasteiger partial charge in [0.15, 0.2) is 6.20 Å². The van der Waals surface area contributed by atoms with Crippen LogP contribution in [0.3, 0.4) is 0 Å². The number of nitrogens with zero attached hydrogens (tertiary/aromatic N) is 1. The summed E-state index contributed by atoms with van der Waals surface area (Å²) in [7, 11) is 0. The van der Waals surface area contributed by atoms with E-state index in [1.54, 1.807) is 11.3 Å². The summed E-state index contributed by atoms with van der Waals surface area (Å²) < 4.78 is 1.94. The molecule has 1 aromatic rings. The minimum atomic E-state index is -0.337. The van der Waals surface area contributed by atoms with Gasteiger partial charge in [0.05, 0.1) is 5.38 Å². The SMILES string of the molecule is CCc1scc[n+]1C(O)CC. The van der Waals surface area contributed by atoms with Crippen molar-refractivity contribution in [2.45, 2.75) is 32.9 Å². The van der Waals surface area contributed by atoms with Crippen molar-refractivity contribution in [3.8, 4) is 0 Å². The second-order valence-corrected chi connectivity index (χ2v) is 3.43. The molecule has 0 spiro atoms. The minimum absolute atomic E-state index is 0.337. The van der Waals surface area contributed by atoms with E-state index in [1.807, 2.05) is 23.1 Å². The van der Waals surface area contributed by atoms with Crippen LogP contribution in [0.15, 0.2) is 11.6 Å². The molecule has 0 saturated heterocycles. The van der Waals surface area contributed by atoms with Crippen LogP contribution in [0.2, 0.25) is 0 Å². The summed E-state index contributed by atoms with van der Waals surface area (Å²) in [5, 5.41) is 12.7. The zero-order chi connectivity index (χ0) is 8.27. The quantitative estimate of drug-likeness (QED) is 0.686. The first-order chi connectivity index (χ1) is 5.29. The molecule has 0 saturated carbocycles. The second kappa shape index (κ2) is 3.83. The average molecular weight is 172 g/mol. The molecule has 1 unspecified atom stereocenters. The first kappa shape index (κ1) is 8.68. The van der Waals surface area contributed by atoms with E-state index in [9.17, 15) is 5.11 Å². The van der Waals surface area contributed by atoms with Gasteiger partial charge in [-0.05, 0) is 0 Å². The van der Waals surface area contributed by atoms with Crippen LogP contribution in [0.1, 0.15) is 31.5 Å². The Morgan fingerprint density at radius 3 is 2.91 bits per heavy atom. The largest absolute Gasteiger partial charge is 0.337 e. The van der Waals surface area contributed by atoms with Crippen LogP contribution in [-0.4, -0.2) is 5.11 Å². The van der Waals surface area contributed by atoms with Gasteiger partial charge in [-0.25, -0.2) is 0 Å². The Kier molecular flexibility index (Phi) is 3.02. The number of aliphatic hydroxyl groups excluding tert-OH is 1. The molecule has 62 valence electrons. The zero-order valence-corrected chi connectivity index (χ0v) is 7.77. The van der Waals surface area contributed by atoms with E-state index in [1.165, 1.54) is 5.01 Å². The van der Waals surface area contributed by atoms with Crippen LogP contribution in [-0.2, 0) is 6.42 Å². The summed E-state index contributed by atoms with van der Waals surface area (Å²) in [6, 6.07) is 0. The Morgan fingerprint density at radius 1 is 1.64 bits per heavy atom. The number of aryl methyl sites for hydroxylation is 1. The molecule has 1 aromatic heterocycles. The minimum Gasteiger partial charge on any atom is -0.337 e. The summed E-state index contributed by atoms with van der Waals surface area (Å²) in [6.45, 7) is 4.08. The summed E-state index contributed by atoms with van der Waals surface area (Å²) in [5.41, 5.74) is 0. The molecule has 0 aliphatic rings. The lowest BCUT2D eigenvalue weighted by Gasteiger charge is -2.00. The third kappa shape index (κ3) is 1.79. The molecule has 0 fully saturated rings. The third-order valence-corrected chi connectivity index (χ3v) is 2.73. The second-order valence-electron chi connectivity index (χ2n) is 2.45. The van der Waals surface area contributed by atoms with Crippen LogP contribution in [0.4, 0.5) is 0 Å². The number of hydrogen-bond acceptors (Lipinski definition) is 2. The van der Waals surface area contributed by atoms with Crippen molar-refractivity contribution >= 4 is 11.3 Å². The number of rotatable bonds is 3. The smallest absolute Gasteiger partial charge is 0.260 e. The third-order valence-electron chi connectivity index (χ3n) is 1.70. The molecule has 0 aliphatic heterocycles. The Hall–Kier alpha value is -0.410. The highest BCUT2D eigenvalue weighted by Gasteiger charge is 2.17. The monoisotopic (exact) mass is 172 g/mol. The van der Waals surface area contributed by atoms with Gasteiger partial charge in [0.25, 0.3) is 6.23 Å². The van der Waals surface area contributed by atoms with Crippen LogP contribution in [0, 0.1) is 0 Å². The van der Waals surface area contributed by atoms with Crippen molar-refractivity contribution in [1.82, 2.24) is 0 Å². The molecule has 1 N–H and O–H groups in total. The van der Waals surface area contributed by atoms with Crippen LogP contribution >= 0.6 is 11.3 Å². The van der Waals surface area contributed by atoms with Crippen molar-refractivity contribution in [2.75, 3.05) is 0 Å². The molecule has 0 amide bonds. The number of aromatic nitrogens is 1. The van der Waals surface area contributed by atoms with Crippen LogP contribution in [0.25, 0.3) is 0 Å². The molecule has 3 heteroatoms. The van der Waals surface area contributed by atoms with Crippen molar-refractivity contribution in [3.05, 3.63) is 16.6 Å². The molecule has 0 bridgehead atoms. The lowest BCUT2D eigenvalue weighted by Crippen LogP contribution is -2.40. The van der Waals surface area contributed by atoms with Crippen molar-refractivity contribution < 1.29 is 9.67 Å². The Morgan fingerprint density at radius 2 is 2.36 bits per heavy atom. The Bertz CT molecular complexity index is 222. The zero-order valence-electron chi connectivity index (χ0n) is 6.95. The highest BCUT2D eigenvalue weighted by atomic mass is 32.1. The predicted molar refractivity (Wildman–Crippen MR) is 45.4 cm³/mol. The maximum absolute atomic E-state index is 9.50. The fourth-order valence-corrected chi connectivity index (χ4v) is 1.87. The van der Waals surface area contributed by atoms with Gasteiger partial charge in [-0.1, -0.05) is 25.2 Å². The lowest BCUT2D eigenvalue weighted by atomic mass is 10.4. The molecule has 11 heavy (non-hydrogen) atoms. The first-order valence-corrected chi connectivity index (χ1v) is 4.83. The molecular formula is C8H14NOS+. The van der Waals surface area contributed by atoms with Gasteiger partial charge < -0.3 is 5.11 Å². The average Bonchev–Trinajstić information content (AvgIpc) is 2.50. The van der Waals surface area contributed by atoms with Gasteiger partial charge in [0, 0.05) is 12.8 Å². The summed E-state index contributed by atoms with van der Waals surface area (Å²) in [4.78, 5) is 0. The highest BCUT2D eigenvalue weighted by Crippen LogP contribution is 2.07. The molecule has 2 nitrogen and oxygen atoms in total. The number of thiazole rings is 1. The van der Waals surface area contributed by atoms with E-state index in [0.29, 0.717) is 0 Å². The Labute approximate surface area is 71.1 Å². The van der Waals surface area contributed by atoms with Crippen molar-refractivity contribution in [3.63, 3.8) is 0 Å².